The molecular weight excluding hydrogens is 298 g/mol. The highest BCUT2D eigenvalue weighted by Gasteiger charge is 2.16. The Balaban J connectivity index is 2.35. The lowest BCUT2D eigenvalue weighted by molar-refractivity contribution is 0.601. The van der Waals surface area contributed by atoms with Gasteiger partial charge in [-0.15, -0.1) is 0 Å². The minimum Gasteiger partial charge on any atom is -0.326 e. The van der Waals surface area contributed by atoms with E-state index in [0.717, 1.165) is 5.56 Å². The average molecular weight is 312 g/mol. The summed E-state index contributed by atoms with van der Waals surface area (Å²) in [5, 5.41) is 0.448. The summed E-state index contributed by atoms with van der Waals surface area (Å²) in [7, 11) is -3.68. The van der Waals surface area contributed by atoms with Gasteiger partial charge in [-0.25, -0.2) is 8.42 Å². The molecule has 20 heavy (non-hydrogen) atoms. The largest absolute Gasteiger partial charge is 0.326 e. The standard InChI is InChI=1S/C13H14ClN3O2S/c1-9-4-11(8-16-7-9)17-20(18,19)12-2-3-13(14)10(5-12)6-15/h2-5,7-8,17H,6,15H2,1H3. The van der Waals surface area contributed by atoms with Gasteiger partial charge in [0, 0.05) is 17.8 Å². The molecule has 0 saturated carbocycles. The molecule has 2 rings (SSSR count). The van der Waals surface area contributed by atoms with Crippen LogP contribution in [-0.4, -0.2) is 13.4 Å². The van der Waals surface area contributed by atoms with Crippen LogP contribution in [0.4, 0.5) is 5.69 Å². The third-order valence-electron chi connectivity index (χ3n) is 2.67. The number of hydrogen-bond acceptors (Lipinski definition) is 4. The van der Waals surface area contributed by atoms with E-state index in [4.69, 9.17) is 17.3 Å². The van der Waals surface area contributed by atoms with Crippen molar-refractivity contribution < 1.29 is 8.42 Å². The lowest BCUT2D eigenvalue weighted by atomic mass is 10.2. The number of hydrogen-bond donors (Lipinski definition) is 2. The number of rotatable bonds is 4. The van der Waals surface area contributed by atoms with Crippen LogP contribution in [0.25, 0.3) is 0 Å². The van der Waals surface area contributed by atoms with Crippen LogP contribution in [0.5, 0.6) is 0 Å². The first kappa shape index (κ1) is 14.8. The number of aryl methyl sites for hydroxylation is 1. The average Bonchev–Trinajstić information content (AvgIpc) is 2.38. The molecule has 106 valence electrons. The van der Waals surface area contributed by atoms with E-state index in [-0.39, 0.29) is 11.4 Å². The van der Waals surface area contributed by atoms with Crippen molar-refractivity contribution in [3.05, 3.63) is 52.8 Å². The van der Waals surface area contributed by atoms with Crippen molar-refractivity contribution in [1.29, 1.82) is 0 Å². The van der Waals surface area contributed by atoms with Crippen LogP contribution in [0.15, 0.2) is 41.6 Å². The van der Waals surface area contributed by atoms with Crippen molar-refractivity contribution in [1.82, 2.24) is 4.98 Å². The Morgan fingerprint density at radius 1 is 1.30 bits per heavy atom. The second kappa shape index (κ2) is 5.78. The van der Waals surface area contributed by atoms with Crippen LogP contribution < -0.4 is 10.5 Å². The van der Waals surface area contributed by atoms with E-state index in [1.165, 1.54) is 24.4 Å². The lowest BCUT2D eigenvalue weighted by Gasteiger charge is -2.10. The summed E-state index contributed by atoms with van der Waals surface area (Å²) >= 11 is 5.92. The molecule has 0 spiro atoms. The molecule has 2 aromatic rings. The maximum atomic E-state index is 12.3. The van der Waals surface area contributed by atoms with Gasteiger partial charge < -0.3 is 5.73 Å². The molecule has 1 aromatic carbocycles. The molecule has 0 bridgehead atoms. The lowest BCUT2D eigenvalue weighted by Crippen LogP contribution is -2.14. The summed E-state index contributed by atoms with van der Waals surface area (Å²) in [5.74, 6) is 0. The molecular formula is C13H14ClN3O2S. The zero-order valence-electron chi connectivity index (χ0n) is 10.8. The van der Waals surface area contributed by atoms with E-state index in [0.29, 0.717) is 16.3 Å². The van der Waals surface area contributed by atoms with E-state index in [1.54, 1.807) is 12.3 Å². The van der Waals surface area contributed by atoms with Gasteiger partial charge in [0.1, 0.15) is 0 Å². The molecule has 0 radical (unpaired) electrons. The van der Waals surface area contributed by atoms with Gasteiger partial charge in [0.2, 0.25) is 0 Å². The predicted octanol–water partition coefficient (Wildman–Crippen LogP) is 2.30. The Morgan fingerprint density at radius 3 is 2.70 bits per heavy atom. The molecule has 0 unspecified atom stereocenters. The zero-order valence-corrected chi connectivity index (χ0v) is 12.4. The van der Waals surface area contributed by atoms with Crippen LogP contribution in [0.2, 0.25) is 5.02 Å². The highest BCUT2D eigenvalue weighted by atomic mass is 35.5. The first-order valence-corrected chi connectivity index (χ1v) is 7.71. The molecule has 0 saturated heterocycles. The number of nitrogens with one attached hydrogen (secondary N) is 1. The Kier molecular flexibility index (Phi) is 4.27. The molecule has 0 aliphatic rings. The van der Waals surface area contributed by atoms with E-state index < -0.39 is 10.0 Å². The Bertz CT molecular complexity index is 732. The minimum absolute atomic E-state index is 0.115. The van der Waals surface area contributed by atoms with Gasteiger partial charge in [-0.2, -0.15) is 0 Å². The summed E-state index contributed by atoms with van der Waals surface area (Å²) in [6, 6.07) is 6.12. The van der Waals surface area contributed by atoms with Crippen molar-refractivity contribution in [2.75, 3.05) is 4.72 Å². The monoisotopic (exact) mass is 311 g/mol. The van der Waals surface area contributed by atoms with E-state index in [9.17, 15) is 8.42 Å². The third-order valence-corrected chi connectivity index (χ3v) is 4.42. The Morgan fingerprint density at radius 2 is 2.05 bits per heavy atom. The van der Waals surface area contributed by atoms with Gasteiger partial charge in [-0.1, -0.05) is 11.6 Å². The Hall–Kier alpha value is -1.63. The highest BCUT2D eigenvalue weighted by molar-refractivity contribution is 7.92. The van der Waals surface area contributed by atoms with Gasteiger partial charge in [0.25, 0.3) is 10.0 Å². The number of aromatic nitrogens is 1. The normalized spacial score (nSPS) is 11.3. The summed E-state index contributed by atoms with van der Waals surface area (Å²) in [6.07, 6.45) is 3.09. The Labute approximate surface area is 122 Å². The SMILES string of the molecule is Cc1cncc(NS(=O)(=O)c2ccc(Cl)c(CN)c2)c1. The second-order valence-electron chi connectivity index (χ2n) is 4.31. The maximum absolute atomic E-state index is 12.3. The number of halogens is 1. The molecule has 0 atom stereocenters. The van der Waals surface area contributed by atoms with Crippen molar-refractivity contribution in [2.45, 2.75) is 18.4 Å². The molecule has 3 N–H and O–H groups in total. The van der Waals surface area contributed by atoms with Crippen molar-refractivity contribution in [2.24, 2.45) is 5.73 Å². The van der Waals surface area contributed by atoms with Crippen LogP contribution in [0, 0.1) is 6.92 Å². The predicted molar refractivity (Wildman–Crippen MR) is 79.1 cm³/mol. The van der Waals surface area contributed by atoms with Gasteiger partial charge >= 0.3 is 0 Å². The first-order valence-electron chi connectivity index (χ1n) is 5.85. The number of pyridine rings is 1. The molecule has 0 aliphatic carbocycles. The summed E-state index contributed by atoms with van der Waals surface area (Å²) in [6.45, 7) is 2.01. The van der Waals surface area contributed by atoms with Gasteiger partial charge in [-0.05, 0) is 42.3 Å². The van der Waals surface area contributed by atoms with Gasteiger partial charge in [0.05, 0.1) is 16.8 Å². The molecule has 1 aromatic heterocycles. The summed E-state index contributed by atoms with van der Waals surface area (Å²) in [5.41, 5.74) is 7.38. The van der Waals surface area contributed by atoms with Crippen molar-refractivity contribution >= 4 is 27.3 Å². The number of benzene rings is 1. The fraction of sp³-hybridized carbons (Fsp3) is 0.154. The molecule has 5 nitrogen and oxygen atoms in total. The van der Waals surface area contributed by atoms with Gasteiger partial charge in [0.15, 0.2) is 0 Å². The molecule has 1 heterocycles. The second-order valence-corrected chi connectivity index (χ2v) is 6.40. The number of sulfonamides is 1. The van der Waals surface area contributed by atoms with E-state index in [2.05, 4.69) is 9.71 Å². The molecule has 7 heteroatoms. The summed E-state index contributed by atoms with van der Waals surface area (Å²) in [4.78, 5) is 4.06. The number of nitrogens with zero attached hydrogens (tertiary/aromatic N) is 1. The topological polar surface area (TPSA) is 85.1 Å². The van der Waals surface area contributed by atoms with Crippen LogP contribution in [0.3, 0.4) is 0 Å². The molecule has 0 aliphatic heterocycles. The van der Waals surface area contributed by atoms with Crippen LogP contribution in [-0.2, 0) is 16.6 Å². The van der Waals surface area contributed by atoms with Crippen LogP contribution >= 0.6 is 11.6 Å². The fourth-order valence-electron chi connectivity index (χ4n) is 1.70. The number of nitrogens with two attached hydrogens (primary N) is 1. The highest BCUT2D eigenvalue weighted by Crippen LogP contribution is 2.22. The van der Waals surface area contributed by atoms with Crippen LogP contribution in [0.1, 0.15) is 11.1 Å². The first-order chi connectivity index (χ1) is 9.42. The minimum atomic E-state index is -3.68. The maximum Gasteiger partial charge on any atom is 0.261 e. The molecule has 0 fully saturated rings. The molecule has 0 amide bonds. The summed E-state index contributed by atoms with van der Waals surface area (Å²) < 4.78 is 27.0. The van der Waals surface area contributed by atoms with Crippen molar-refractivity contribution in [3.8, 4) is 0 Å². The quantitative estimate of drug-likeness (QED) is 0.907. The zero-order chi connectivity index (χ0) is 14.8. The number of anilines is 1. The van der Waals surface area contributed by atoms with Crippen molar-refractivity contribution in [3.63, 3.8) is 0 Å². The van der Waals surface area contributed by atoms with Gasteiger partial charge in [-0.3, -0.25) is 9.71 Å². The fourth-order valence-corrected chi connectivity index (χ4v) is 2.98. The third kappa shape index (κ3) is 3.27. The van der Waals surface area contributed by atoms with E-state index in [1.807, 2.05) is 6.92 Å². The smallest absolute Gasteiger partial charge is 0.261 e. The van der Waals surface area contributed by atoms with E-state index >= 15 is 0 Å².